The van der Waals surface area contributed by atoms with Crippen molar-refractivity contribution in [2.24, 2.45) is 0 Å². The first kappa shape index (κ1) is 7.02. The summed E-state index contributed by atoms with van der Waals surface area (Å²) >= 11 is 5.50. The fourth-order valence-electron chi connectivity index (χ4n) is 0.421. The Bertz CT molecular complexity index is 128. The van der Waals surface area contributed by atoms with Gasteiger partial charge in [-0.05, 0) is 6.92 Å². The highest BCUT2D eigenvalue weighted by Gasteiger charge is 2.35. The Morgan fingerprint density at radius 3 is 2.67 bits per heavy atom. The van der Waals surface area contributed by atoms with E-state index < -0.39 is 5.79 Å². The van der Waals surface area contributed by atoms with E-state index in [1.165, 1.54) is 0 Å². The first-order valence-electron chi connectivity index (χ1n) is 2.44. The molecule has 0 bridgehead atoms. The van der Waals surface area contributed by atoms with Crippen LogP contribution in [0.3, 0.4) is 0 Å². The fourth-order valence-corrected chi connectivity index (χ4v) is 0.507. The molecular weight excluding hydrogens is 144 g/mol. The molecule has 52 valence electrons. The normalized spacial score (nSPS) is 34.9. The zero-order valence-electron chi connectivity index (χ0n) is 5.02. The maximum Gasteiger partial charge on any atom is 0.237 e. The summed E-state index contributed by atoms with van der Waals surface area (Å²) in [6.07, 6.45) is 0. The monoisotopic (exact) mass is 150 g/mol. The Morgan fingerprint density at radius 1 is 1.78 bits per heavy atom. The summed E-state index contributed by atoms with van der Waals surface area (Å²) in [6.45, 7) is 5.18. The van der Waals surface area contributed by atoms with Crippen LogP contribution in [0, 0.1) is 0 Å². The number of hydrogen-bond donors (Lipinski definition) is 0. The lowest BCUT2D eigenvalue weighted by atomic mass is 10.3. The highest BCUT2D eigenvalue weighted by Crippen LogP contribution is 2.28. The van der Waals surface area contributed by atoms with Crippen molar-refractivity contribution in [1.82, 2.24) is 0 Å². The van der Waals surface area contributed by atoms with E-state index in [2.05, 4.69) is 16.4 Å². The molecule has 1 fully saturated rings. The van der Waals surface area contributed by atoms with Crippen molar-refractivity contribution in [3.8, 4) is 0 Å². The molecular formula is C5H7ClO3. The molecule has 3 nitrogen and oxygen atoms in total. The van der Waals surface area contributed by atoms with Crippen LogP contribution in [0.15, 0.2) is 11.6 Å². The largest absolute Gasteiger partial charge is 0.313 e. The molecule has 4 heteroatoms. The van der Waals surface area contributed by atoms with Gasteiger partial charge in [0.25, 0.3) is 0 Å². The average molecular weight is 151 g/mol. The molecule has 0 aromatic carbocycles. The van der Waals surface area contributed by atoms with Gasteiger partial charge in [-0.3, -0.25) is 0 Å². The predicted molar refractivity (Wildman–Crippen MR) is 31.5 cm³/mol. The minimum absolute atomic E-state index is 0.0994. The van der Waals surface area contributed by atoms with Crippen LogP contribution < -0.4 is 0 Å². The van der Waals surface area contributed by atoms with Gasteiger partial charge in [0.2, 0.25) is 5.79 Å². The lowest BCUT2D eigenvalue weighted by molar-refractivity contribution is -0.300. The van der Waals surface area contributed by atoms with Gasteiger partial charge in [0, 0.05) is 0 Å². The van der Waals surface area contributed by atoms with Gasteiger partial charge in [0.15, 0.2) is 6.79 Å². The lowest BCUT2D eigenvalue weighted by Crippen LogP contribution is -2.24. The smallest absolute Gasteiger partial charge is 0.237 e. The molecule has 1 heterocycles. The summed E-state index contributed by atoms with van der Waals surface area (Å²) < 4.78 is 4.93. The van der Waals surface area contributed by atoms with Crippen LogP contribution in [0.4, 0.5) is 0 Å². The molecule has 0 aromatic heterocycles. The van der Waals surface area contributed by atoms with Crippen LogP contribution in [0.5, 0.6) is 0 Å². The Balaban J connectivity index is 2.61. The van der Waals surface area contributed by atoms with Gasteiger partial charge in [-0.15, -0.1) is 0 Å². The van der Waals surface area contributed by atoms with Crippen LogP contribution in [-0.4, -0.2) is 12.6 Å². The van der Waals surface area contributed by atoms with Gasteiger partial charge in [-0.25, -0.2) is 4.89 Å². The van der Waals surface area contributed by atoms with E-state index in [1.54, 1.807) is 6.92 Å². The molecule has 1 rings (SSSR count). The second-order valence-electron chi connectivity index (χ2n) is 1.81. The highest BCUT2D eigenvalue weighted by atomic mass is 35.5. The van der Waals surface area contributed by atoms with Crippen LogP contribution in [-0.2, 0) is 14.5 Å². The van der Waals surface area contributed by atoms with E-state index in [1.807, 2.05) is 0 Å². The third kappa shape index (κ3) is 1.24. The van der Waals surface area contributed by atoms with Crippen molar-refractivity contribution in [2.45, 2.75) is 12.7 Å². The van der Waals surface area contributed by atoms with Crippen molar-refractivity contribution in [3.05, 3.63) is 11.6 Å². The minimum atomic E-state index is -0.957. The van der Waals surface area contributed by atoms with E-state index in [-0.39, 0.29) is 11.8 Å². The maximum atomic E-state index is 5.50. The highest BCUT2D eigenvalue weighted by molar-refractivity contribution is 6.30. The molecule has 0 spiro atoms. The number of hydrogen-bond acceptors (Lipinski definition) is 3. The third-order valence-corrected chi connectivity index (χ3v) is 1.44. The molecule has 1 saturated heterocycles. The Kier molecular flexibility index (Phi) is 1.77. The fraction of sp³-hybridized carbons (Fsp3) is 0.600. The van der Waals surface area contributed by atoms with Crippen LogP contribution >= 0.6 is 11.6 Å². The molecule has 0 amide bonds. The second kappa shape index (κ2) is 2.27. The Labute approximate surface area is 58.1 Å². The van der Waals surface area contributed by atoms with Crippen molar-refractivity contribution in [2.75, 3.05) is 6.79 Å². The molecule has 0 aromatic rings. The molecule has 1 atom stereocenters. The van der Waals surface area contributed by atoms with Gasteiger partial charge < -0.3 is 4.74 Å². The predicted octanol–water partition coefficient (Wildman–Crippen LogP) is 1.39. The standard InChI is InChI=1S/C5H7ClO3/c1-4(6)5(2)7-3-8-9-5/h1,3H2,2H3. The molecule has 1 aliphatic rings. The SMILES string of the molecule is C=C(Cl)C1(C)OCOO1. The topological polar surface area (TPSA) is 27.7 Å². The zero-order chi connectivity index (χ0) is 6.91. The summed E-state index contributed by atoms with van der Waals surface area (Å²) in [5, 5.41) is 0.278. The zero-order valence-corrected chi connectivity index (χ0v) is 5.77. The van der Waals surface area contributed by atoms with Crippen LogP contribution in [0.1, 0.15) is 6.92 Å². The average Bonchev–Trinajstić information content (AvgIpc) is 2.16. The Morgan fingerprint density at radius 2 is 2.44 bits per heavy atom. The summed E-state index contributed by atoms with van der Waals surface area (Å²) in [5.41, 5.74) is 0. The Hall–Kier alpha value is -0.0900. The van der Waals surface area contributed by atoms with E-state index in [0.29, 0.717) is 0 Å². The molecule has 0 aliphatic carbocycles. The van der Waals surface area contributed by atoms with Crippen molar-refractivity contribution >= 4 is 11.6 Å². The second-order valence-corrected chi connectivity index (χ2v) is 2.27. The van der Waals surface area contributed by atoms with Gasteiger partial charge in [-0.1, -0.05) is 18.2 Å². The quantitative estimate of drug-likeness (QED) is 0.529. The van der Waals surface area contributed by atoms with Gasteiger partial charge in [0.1, 0.15) is 0 Å². The molecule has 1 unspecified atom stereocenters. The molecule has 1 aliphatic heterocycles. The summed E-state index contributed by atoms with van der Waals surface area (Å²) in [6, 6.07) is 0. The summed E-state index contributed by atoms with van der Waals surface area (Å²) in [7, 11) is 0. The lowest BCUT2D eigenvalue weighted by Gasteiger charge is -2.15. The van der Waals surface area contributed by atoms with Crippen molar-refractivity contribution in [1.29, 1.82) is 0 Å². The third-order valence-electron chi connectivity index (χ3n) is 1.09. The minimum Gasteiger partial charge on any atom is -0.313 e. The van der Waals surface area contributed by atoms with E-state index in [4.69, 9.17) is 16.3 Å². The molecule has 0 radical (unpaired) electrons. The molecule has 0 N–H and O–H groups in total. The van der Waals surface area contributed by atoms with E-state index in [0.717, 1.165) is 0 Å². The number of rotatable bonds is 1. The number of ether oxygens (including phenoxy) is 1. The molecule has 9 heavy (non-hydrogen) atoms. The summed E-state index contributed by atoms with van der Waals surface area (Å²) in [4.78, 5) is 9.10. The van der Waals surface area contributed by atoms with Crippen LogP contribution in [0.25, 0.3) is 0 Å². The first-order valence-corrected chi connectivity index (χ1v) is 2.82. The summed E-state index contributed by atoms with van der Waals surface area (Å²) in [5.74, 6) is -0.957. The first-order chi connectivity index (χ1) is 4.15. The van der Waals surface area contributed by atoms with Gasteiger partial charge in [0.05, 0.1) is 5.03 Å². The van der Waals surface area contributed by atoms with Crippen molar-refractivity contribution < 1.29 is 14.5 Å². The van der Waals surface area contributed by atoms with Gasteiger partial charge in [-0.2, -0.15) is 4.89 Å². The maximum absolute atomic E-state index is 5.50. The van der Waals surface area contributed by atoms with Gasteiger partial charge >= 0.3 is 0 Å². The van der Waals surface area contributed by atoms with E-state index >= 15 is 0 Å². The molecule has 0 saturated carbocycles. The van der Waals surface area contributed by atoms with Crippen molar-refractivity contribution in [3.63, 3.8) is 0 Å². The van der Waals surface area contributed by atoms with Crippen LogP contribution in [0.2, 0.25) is 0 Å². The van der Waals surface area contributed by atoms with E-state index in [9.17, 15) is 0 Å². The number of halogens is 1.